The molecule has 0 aliphatic carbocycles. The largest absolute Gasteiger partial charge is 0.392 e. The molecule has 0 spiro atoms. The summed E-state index contributed by atoms with van der Waals surface area (Å²) in [5.74, 6) is 0.975. The maximum Gasteiger partial charge on any atom is 0.254 e. The van der Waals surface area contributed by atoms with E-state index in [1.807, 2.05) is 35.2 Å². The van der Waals surface area contributed by atoms with Crippen molar-refractivity contribution in [2.75, 3.05) is 25.5 Å². The third kappa shape index (κ3) is 4.37. The lowest BCUT2D eigenvalue weighted by Crippen LogP contribution is -2.41. The van der Waals surface area contributed by atoms with E-state index in [4.69, 9.17) is 0 Å². The molecule has 1 aliphatic heterocycles. The lowest BCUT2D eigenvalue weighted by molar-refractivity contribution is 0.0467. The van der Waals surface area contributed by atoms with Gasteiger partial charge in [-0.25, -0.2) is 4.98 Å². The van der Waals surface area contributed by atoms with Crippen LogP contribution in [0.25, 0.3) is 0 Å². The average Bonchev–Trinajstić information content (AvgIpc) is 2.68. The number of hydrogen-bond donors (Lipinski definition) is 2. The number of carbonyl (C=O) groups is 1. The molecule has 5 heteroatoms. The van der Waals surface area contributed by atoms with E-state index >= 15 is 0 Å². The summed E-state index contributed by atoms with van der Waals surface area (Å²) in [5.41, 5.74) is 1.81. The molecule has 2 N–H and O–H groups in total. The van der Waals surface area contributed by atoms with E-state index in [-0.39, 0.29) is 17.9 Å². The van der Waals surface area contributed by atoms with E-state index in [1.54, 1.807) is 25.4 Å². The standard InChI is InChI=1S/C20H25N3O2/c1-21-19-14-17(7-10-22-19)20(25)23-11-8-16(9-12-23)18(24)13-15-5-3-2-4-6-15/h2-7,10,14,16,18,24H,8-9,11-13H2,1H3,(H,21,22)/t18-/m0/s1. The summed E-state index contributed by atoms with van der Waals surface area (Å²) < 4.78 is 0. The van der Waals surface area contributed by atoms with Crippen molar-refractivity contribution in [1.82, 2.24) is 9.88 Å². The predicted octanol–water partition coefficient (Wildman–Crippen LogP) is 2.58. The SMILES string of the molecule is CNc1cc(C(=O)N2CCC([C@@H](O)Cc3ccccc3)CC2)ccn1. The van der Waals surface area contributed by atoms with Gasteiger partial charge in [0.25, 0.3) is 5.91 Å². The molecule has 0 saturated carbocycles. The third-order valence-electron chi connectivity index (χ3n) is 4.92. The van der Waals surface area contributed by atoms with Gasteiger partial charge in [0.2, 0.25) is 0 Å². The highest BCUT2D eigenvalue weighted by molar-refractivity contribution is 5.94. The van der Waals surface area contributed by atoms with Crippen LogP contribution in [0.2, 0.25) is 0 Å². The number of amides is 1. The Bertz CT molecular complexity index is 697. The number of aromatic nitrogens is 1. The lowest BCUT2D eigenvalue weighted by Gasteiger charge is -2.34. The molecule has 2 heterocycles. The van der Waals surface area contributed by atoms with Crippen LogP contribution in [0.1, 0.15) is 28.8 Å². The first kappa shape index (κ1) is 17.4. The molecule has 3 rings (SSSR count). The third-order valence-corrected chi connectivity index (χ3v) is 4.92. The normalized spacial score (nSPS) is 16.5. The minimum Gasteiger partial charge on any atom is -0.392 e. The van der Waals surface area contributed by atoms with Crippen molar-refractivity contribution >= 4 is 11.7 Å². The number of pyridine rings is 1. The Kier molecular flexibility index (Phi) is 5.66. The van der Waals surface area contributed by atoms with Crippen molar-refractivity contribution in [3.63, 3.8) is 0 Å². The summed E-state index contributed by atoms with van der Waals surface area (Å²) in [6.07, 6.45) is 3.65. The van der Waals surface area contributed by atoms with Gasteiger partial charge in [-0.1, -0.05) is 30.3 Å². The minimum absolute atomic E-state index is 0.0369. The van der Waals surface area contributed by atoms with E-state index in [2.05, 4.69) is 10.3 Å². The van der Waals surface area contributed by atoms with E-state index in [0.29, 0.717) is 30.9 Å². The number of rotatable bonds is 5. The zero-order chi connectivity index (χ0) is 17.6. The van der Waals surface area contributed by atoms with Crippen LogP contribution in [-0.4, -0.2) is 47.1 Å². The van der Waals surface area contributed by atoms with Gasteiger partial charge >= 0.3 is 0 Å². The van der Waals surface area contributed by atoms with Gasteiger partial charge in [0.1, 0.15) is 5.82 Å². The number of nitrogens with zero attached hydrogens (tertiary/aromatic N) is 2. The van der Waals surface area contributed by atoms with Gasteiger partial charge in [0.15, 0.2) is 0 Å². The number of piperidine rings is 1. The van der Waals surface area contributed by atoms with Gasteiger partial charge in [-0.2, -0.15) is 0 Å². The zero-order valence-electron chi connectivity index (χ0n) is 14.6. The van der Waals surface area contributed by atoms with Crippen LogP contribution in [0, 0.1) is 5.92 Å². The van der Waals surface area contributed by atoms with E-state index in [0.717, 1.165) is 18.4 Å². The summed E-state index contributed by atoms with van der Waals surface area (Å²) in [6, 6.07) is 13.6. The van der Waals surface area contributed by atoms with Gasteiger partial charge < -0.3 is 15.3 Å². The second-order valence-corrected chi connectivity index (χ2v) is 6.57. The molecule has 1 fully saturated rings. The predicted molar refractivity (Wildman–Crippen MR) is 98.6 cm³/mol. The fraction of sp³-hybridized carbons (Fsp3) is 0.400. The Morgan fingerprint density at radius 3 is 2.68 bits per heavy atom. The quantitative estimate of drug-likeness (QED) is 0.879. The molecule has 1 amide bonds. The maximum absolute atomic E-state index is 12.6. The minimum atomic E-state index is -0.350. The number of hydrogen-bond acceptors (Lipinski definition) is 4. The second-order valence-electron chi connectivity index (χ2n) is 6.57. The molecule has 25 heavy (non-hydrogen) atoms. The zero-order valence-corrected chi connectivity index (χ0v) is 14.6. The molecule has 0 unspecified atom stereocenters. The van der Waals surface area contributed by atoms with Gasteiger partial charge in [-0.05, 0) is 42.9 Å². The van der Waals surface area contributed by atoms with Crippen molar-refractivity contribution in [1.29, 1.82) is 0 Å². The molecular formula is C20H25N3O2. The summed E-state index contributed by atoms with van der Waals surface area (Å²) in [5, 5.41) is 13.5. The Balaban J connectivity index is 1.55. The van der Waals surface area contributed by atoms with E-state index in [9.17, 15) is 9.90 Å². The van der Waals surface area contributed by atoms with Crippen molar-refractivity contribution in [3.8, 4) is 0 Å². The molecule has 1 aliphatic rings. The highest BCUT2D eigenvalue weighted by Crippen LogP contribution is 2.24. The number of carbonyl (C=O) groups excluding carboxylic acids is 1. The molecule has 0 radical (unpaired) electrons. The molecule has 132 valence electrons. The summed E-state index contributed by atoms with van der Waals surface area (Å²) in [7, 11) is 1.79. The fourth-order valence-electron chi connectivity index (χ4n) is 3.39. The molecule has 2 aromatic rings. The first-order valence-electron chi connectivity index (χ1n) is 8.82. The monoisotopic (exact) mass is 339 g/mol. The van der Waals surface area contributed by atoms with Crippen molar-refractivity contribution < 1.29 is 9.90 Å². The van der Waals surface area contributed by atoms with Gasteiger partial charge in [-0.15, -0.1) is 0 Å². The lowest BCUT2D eigenvalue weighted by atomic mass is 9.88. The Hall–Kier alpha value is -2.40. The Morgan fingerprint density at radius 2 is 2.00 bits per heavy atom. The average molecular weight is 339 g/mol. The van der Waals surface area contributed by atoms with Crippen LogP contribution in [0.5, 0.6) is 0 Å². The van der Waals surface area contributed by atoms with Crippen LogP contribution >= 0.6 is 0 Å². The van der Waals surface area contributed by atoms with Crippen molar-refractivity contribution in [2.24, 2.45) is 5.92 Å². The number of anilines is 1. The fourth-order valence-corrected chi connectivity index (χ4v) is 3.39. The molecule has 1 atom stereocenters. The Labute approximate surface area is 148 Å². The second kappa shape index (κ2) is 8.12. The van der Waals surface area contributed by atoms with E-state index < -0.39 is 0 Å². The smallest absolute Gasteiger partial charge is 0.254 e. The van der Waals surface area contributed by atoms with E-state index in [1.165, 1.54) is 0 Å². The van der Waals surface area contributed by atoms with Crippen LogP contribution in [0.4, 0.5) is 5.82 Å². The molecule has 0 bridgehead atoms. The molecular weight excluding hydrogens is 314 g/mol. The van der Waals surface area contributed by atoms with Crippen LogP contribution in [0.15, 0.2) is 48.7 Å². The summed E-state index contributed by atoms with van der Waals surface area (Å²) >= 11 is 0. The topological polar surface area (TPSA) is 65.5 Å². The highest BCUT2D eigenvalue weighted by atomic mass is 16.3. The number of nitrogens with one attached hydrogen (secondary N) is 1. The van der Waals surface area contributed by atoms with Gasteiger partial charge in [-0.3, -0.25) is 4.79 Å². The van der Waals surface area contributed by atoms with Crippen molar-refractivity contribution in [3.05, 3.63) is 59.8 Å². The first-order chi connectivity index (χ1) is 12.2. The van der Waals surface area contributed by atoms with Crippen LogP contribution < -0.4 is 5.32 Å². The van der Waals surface area contributed by atoms with Crippen LogP contribution in [-0.2, 0) is 6.42 Å². The highest BCUT2D eigenvalue weighted by Gasteiger charge is 2.28. The summed E-state index contributed by atoms with van der Waals surface area (Å²) in [6.45, 7) is 1.37. The number of likely N-dealkylation sites (tertiary alicyclic amines) is 1. The van der Waals surface area contributed by atoms with Crippen LogP contribution in [0.3, 0.4) is 0 Å². The molecule has 1 saturated heterocycles. The molecule has 5 nitrogen and oxygen atoms in total. The molecule has 1 aromatic carbocycles. The Morgan fingerprint density at radius 1 is 1.28 bits per heavy atom. The first-order valence-corrected chi connectivity index (χ1v) is 8.82. The number of benzene rings is 1. The van der Waals surface area contributed by atoms with Gasteiger partial charge in [0, 0.05) is 31.9 Å². The van der Waals surface area contributed by atoms with Crippen molar-refractivity contribution in [2.45, 2.75) is 25.4 Å². The van der Waals surface area contributed by atoms with Gasteiger partial charge in [0.05, 0.1) is 6.10 Å². The summed E-state index contributed by atoms with van der Waals surface area (Å²) in [4.78, 5) is 18.7. The maximum atomic E-state index is 12.6. The number of aliphatic hydroxyl groups is 1. The number of aliphatic hydroxyl groups excluding tert-OH is 1. The molecule has 1 aromatic heterocycles.